The van der Waals surface area contributed by atoms with Crippen LogP contribution >= 0.6 is 0 Å². The van der Waals surface area contributed by atoms with Crippen molar-refractivity contribution in [3.05, 3.63) is 12.2 Å². The predicted octanol–water partition coefficient (Wildman–Crippen LogP) is 14.3. The number of fused-ring (bicyclic) bond motifs is 5. The lowest BCUT2D eigenvalue weighted by atomic mass is 9.44. The summed E-state index contributed by atoms with van der Waals surface area (Å²) in [5, 5.41) is 0. The summed E-state index contributed by atoms with van der Waals surface area (Å²) < 4.78 is 6.17. The smallest absolute Gasteiger partial charge is 0.306 e. The first-order valence-electron chi connectivity index (χ1n) is 21.9. The molecule has 2 nitrogen and oxygen atoms in total. The molecule has 0 aromatic carbocycles. The van der Waals surface area contributed by atoms with Gasteiger partial charge in [-0.3, -0.25) is 4.79 Å². The molecule has 0 bridgehead atoms. The molecule has 0 spiro atoms. The van der Waals surface area contributed by atoms with E-state index in [2.05, 4.69) is 60.6 Å². The third kappa shape index (κ3) is 10.6. The van der Waals surface area contributed by atoms with Crippen LogP contribution in [0.4, 0.5) is 0 Å². The highest BCUT2D eigenvalue weighted by molar-refractivity contribution is 5.69. The fourth-order valence-electron chi connectivity index (χ4n) is 11.9. The van der Waals surface area contributed by atoms with Gasteiger partial charge in [-0.15, -0.1) is 0 Å². The molecule has 10 atom stereocenters. The zero-order chi connectivity index (χ0) is 34.6. The molecule has 0 aliphatic heterocycles. The van der Waals surface area contributed by atoms with Crippen LogP contribution in [0.25, 0.3) is 0 Å². The lowest BCUT2D eigenvalue weighted by Gasteiger charge is -2.61. The fraction of sp³-hybridized carbons (Fsp3) is 0.935. The van der Waals surface area contributed by atoms with E-state index < -0.39 is 0 Å². The van der Waals surface area contributed by atoms with E-state index in [9.17, 15) is 4.79 Å². The molecule has 0 aromatic heterocycles. The number of ether oxygens (including phenoxy) is 1. The second kappa shape index (κ2) is 19.7. The molecular weight excluding hydrogens is 585 g/mol. The Morgan fingerprint density at radius 3 is 2.02 bits per heavy atom. The Morgan fingerprint density at radius 2 is 1.33 bits per heavy atom. The van der Waals surface area contributed by atoms with E-state index in [0.717, 1.165) is 66.6 Å². The normalized spacial score (nSPS) is 34.5. The van der Waals surface area contributed by atoms with Crippen LogP contribution in [0.5, 0.6) is 0 Å². The van der Waals surface area contributed by atoms with E-state index in [4.69, 9.17) is 4.74 Å². The van der Waals surface area contributed by atoms with Crippen LogP contribution in [0.1, 0.15) is 209 Å². The van der Waals surface area contributed by atoms with Gasteiger partial charge < -0.3 is 4.74 Å². The molecule has 48 heavy (non-hydrogen) atoms. The molecule has 0 saturated heterocycles. The van der Waals surface area contributed by atoms with Crippen molar-refractivity contribution in [1.29, 1.82) is 0 Å². The molecule has 2 unspecified atom stereocenters. The van der Waals surface area contributed by atoms with Gasteiger partial charge >= 0.3 is 5.97 Å². The Labute approximate surface area is 300 Å². The van der Waals surface area contributed by atoms with Crippen molar-refractivity contribution in [3.63, 3.8) is 0 Å². The summed E-state index contributed by atoms with van der Waals surface area (Å²) in [4.78, 5) is 12.8. The summed E-state index contributed by atoms with van der Waals surface area (Å²) in [7, 11) is 0. The molecule has 4 saturated carbocycles. The molecule has 278 valence electrons. The maximum Gasteiger partial charge on any atom is 0.306 e. The van der Waals surface area contributed by atoms with Crippen LogP contribution in [0, 0.1) is 58.2 Å². The van der Waals surface area contributed by atoms with Gasteiger partial charge in [0, 0.05) is 6.42 Å². The zero-order valence-electron chi connectivity index (χ0n) is 33.3. The molecule has 0 radical (unpaired) electrons. The second-order valence-corrected chi connectivity index (χ2v) is 18.9. The number of hydrogen-bond donors (Lipinski definition) is 0. The van der Waals surface area contributed by atoms with Gasteiger partial charge in [0.15, 0.2) is 0 Å². The number of allylic oxidation sites excluding steroid dienone is 2. The maximum atomic E-state index is 12.8. The summed E-state index contributed by atoms with van der Waals surface area (Å²) in [6.45, 7) is 17.6. The Morgan fingerprint density at radius 1 is 0.708 bits per heavy atom. The maximum absolute atomic E-state index is 12.8. The lowest BCUT2D eigenvalue weighted by molar-refractivity contribution is -0.162. The first-order chi connectivity index (χ1) is 23.1. The minimum absolute atomic E-state index is 0.0808. The van der Waals surface area contributed by atoms with Crippen molar-refractivity contribution in [2.24, 2.45) is 58.2 Å². The van der Waals surface area contributed by atoms with E-state index in [1.807, 2.05) is 0 Å². The Bertz CT molecular complexity index is 952. The number of rotatable bonds is 21. The van der Waals surface area contributed by atoms with Crippen LogP contribution in [0.2, 0.25) is 0 Å². The van der Waals surface area contributed by atoms with Gasteiger partial charge in [-0.05, 0) is 148 Å². The van der Waals surface area contributed by atoms with E-state index >= 15 is 0 Å². The fourth-order valence-corrected chi connectivity index (χ4v) is 11.9. The van der Waals surface area contributed by atoms with Crippen LogP contribution in [-0.4, -0.2) is 12.1 Å². The van der Waals surface area contributed by atoms with Crippen molar-refractivity contribution in [2.45, 2.75) is 215 Å². The Kier molecular flexibility index (Phi) is 16.4. The lowest BCUT2D eigenvalue weighted by Crippen LogP contribution is -2.54. The highest BCUT2D eigenvalue weighted by Gasteiger charge is 2.60. The Hall–Kier alpha value is -0.790. The van der Waals surface area contributed by atoms with Gasteiger partial charge in [0.05, 0.1) is 0 Å². The molecule has 4 fully saturated rings. The van der Waals surface area contributed by atoms with Crippen molar-refractivity contribution in [1.82, 2.24) is 0 Å². The molecule has 0 heterocycles. The standard InChI is InChI=1S/C46H82O2/c1-8-9-10-11-12-13-14-15-16-17-18-19-20-21-22-23-44(47)48-39-30-32-45(6)38(34-39)26-27-40-42-29-28-41(46(42,7)33-31-43(40)45)37(5)25-24-36(4)35(2)3/h15-16,35-43H,8-14,17-34H2,1-7H3/t36-,37+,38?,39?,40-,41+,42-,43-,45-,46+/m0/s1. The van der Waals surface area contributed by atoms with Gasteiger partial charge in [-0.2, -0.15) is 0 Å². The number of esters is 1. The van der Waals surface area contributed by atoms with Gasteiger partial charge in [-0.25, -0.2) is 0 Å². The number of carbonyl (C=O) groups excluding carboxylic acids is 1. The van der Waals surface area contributed by atoms with Crippen molar-refractivity contribution in [2.75, 3.05) is 0 Å². The minimum Gasteiger partial charge on any atom is -0.462 e. The van der Waals surface area contributed by atoms with Gasteiger partial charge in [0.1, 0.15) is 6.10 Å². The van der Waals surface area contributed by atoms with E-state index in [1.54, 1.807) is 0 Å². The average Bonchev–Trinajstić information content (AvgIpc) is 3.42. The summed E-state index contributed by atoms with van der Waals surface area (Å²) in [5.41, 5.74) is 1.04. The second-order valence-electron chi connectivity index (χ2n) is 18.9. The third-order valence-corrected chi connectivity index (χ3v) is 15.5. The molecule has 4 aliphatic rings. The van der Waals surface area contributed by atoms with Crippen molar-refractivity contribution >= 4 is 5.97 Å². The van der Waals surface area contributed by atoms with Crippen LogP contribution in [-0.2, 0) is 9.53 Å². The van der Waals surface area contributed by atoms with Crippen LogP contribution in [0.15, 0.2) is 12.2 Å². The van der Waals surface area contributed by atoms with Crippen molar-refractivity contribution < 1.29 is 9.53 Å². The highest BCUT2D eigenvalue weighted by atomic mass is 16.5. The summed E-state index contributed by atoms with van der Waals surface area (Å²) in [6, 6.07) is 0. The molecule has 2 heteroatoms. The predicted molar refractivity (Wildman–Crippen MR) is 207 cm³/mol. The summed E-state index contributed by atoms with van der Waals surface area (Å²) in [6.07, 6.45) is 37.4. The highest BCUT2D eigenvalue weighted by Crippen LogP contribution is 2.68. The van der Waals surface area contributed by atoms with Gasteiger partial charge in [-0.1, -0.05) is 125 Å². The quantitative estimate of drug-likeness (QED) is 0.0692. The van der Waals surface area contributed by atoms with Crippen molar-refractivity contribution in [3.8, 4) is 0 Å². The van der Waals surface area contributed by atoms with Gasteiger partial charge in [0.2, 0.25) is 0 Å². The summed E-state index contributed by atoms with van der Waals surface area (Å²) in [5.74, 6) is 7.10. The molecule has 4 aliphatic carbocycles. The topological polar surface area (TPSA) is 26.3 Å². The molecule has 0 amide bonds. The number of unbranched alkanes of at least 4 members (excludes halogenated alkanes) is 11. The summed E-state index contributed by atoms with van der Waals surface area (Å²) >= 11 is 0. The van der Waals surface area contributed by atoms with Crippen LogP contribution < -0.4 is 0 Å². The minimum atomic E-state index is 0.0808. The van der Waals surface area contributed by atoms with E-state index in [-0.39, 0.29) is 12.1 Å². The van der Waals surface area contributed by atoms with E-state index in [1.165, 1.54) is 135 Å². The Balaban J connectivity index is 1.11. The molecule has 0 aromatic rings. The largest absolute Gasteiger partial charge is 0.462 e. The molecule has 4 rings (SSSR count). The first kappa shape index (κ1) is 40.0. The third-order valence-electron chi connectivity index (χ3n) is 15.5. The SMILES string of the molecule is CCCCCCCCC=CCCCCCCCC(=O)OC1CC[C@@]2(C)C(CC[C@H]3[C@@H]4CC[C@H]([C@H](C)CC[C@H](C)C(C)C)[C@@]4(C)CC[C@@H]32)C1. The first-order valence-corrected chi connectivity index (χ1v) is 21.9. The number of carbonyl (C=O) groups is 1. The zero-order valence-corrected chi connectivity index (χ0v) is 33.3. The van der Waals surface area contributed by atoms with Crippen LogP contribution in [0.3, 0.4) is 0 Å². The van der Waals surface area contributed by atoms with E-state index in [0.29, 0.717) is 17.3 Å². The van der Waals surface area contributed by atoms with Gasteiger partial charge in [0.25, 0.3) is 0 Å². The number of hydrogen-bond acceptors (Lipinski definition) is 2. The monoisotopic (exact) mass is 667 g/mol. The molecular formula is C46H82O2. The average molecular weight is 667 g/mol. The molecule has 0 N–H and O–H groups in total.